The number of halogens is 1. The molecule has 2 amide bonds. The fourth-order valence-electron chi connectivity index (χ4n) is 3.95. The third kappa shape index (κ3) is 4.71. The van der Waals surface area contributed by atoms with Crippen molar-refractivity contribution in [3.05, 3.63) is 101 Å². The van der Waals surface area contributed by atoms with Gasteiger partial charge in [-0.25, -0.2) is 0 Å². The summed E-state index contributed by atoms with van der Waals surface area (Å²) in [5.74, 6) is -0.161. The second kappa shape index (κ2) is 9.00. The van der Waals surface area contributed by atoms with Crippen molar-refractivity contribution in [2.45, 2.75) is 18.9 Å². The second-order valence-corrected chi connectivity index (χ2v) is 8.57. The van der Waals surface area contributed by atoms with Crippen molar-refractivity contribution in [2.24, 2.45) is 5.92 Å². The van der Waals surface area contributed by atoms with E-state index in [9.17, 15) is 9.59 Å². The summed E-state index contributed by atoms with van der Waals surface area (Å²) in [6.45, 7) is 0.424. The van der Waals surface area contributed by atoms with Crippen molar-refractivity contribution in [3.8, 4) is 0 Å². The van der Waals surface area contributed by atoms with Crippen LogP contribution in [0.25, 0.3) is 10.8 Å². The molecule has 1 saturated carbocycles. The Kier molecular flexibility index (Phi) is 5.75. The van der Waals surface area contributed by atoms with Gasteiger partial charge < -0.3 is 10.6 Å². The molecule has 5 rings (SSSR count). The third-order valence-electron chi connectivity index (χ3n) is 5.89. The Hall–Kier alpha value is -3.77. The first-order valence-electron chi connectivity index (χ1n) is 10.7. The molecule has 7 heteroatoms. The Morgan fingerprint density at radius 2 is 1.79 bits per heavy atom. The highest BCUT2D eigenvalue weighted by Gasteiger charge is 2.44. The number of carbonyl (C=O) groups excluding carboxylic acids is 2. The van der Waals surface area contributed by atoms with Crippen LogP contribution in [0, 0.1) is 5.92 Å². The molecular weight excluding hydrogens is 436 g/mol. The van der Waals surface area contributed by atoms with Gasteiger partial charge in [-0.1, -0.05) is 29.8 Å². The molecule has 1 aliphatic rings. The van der Waals surface area contributed by atoms with Gasteiger partial charge in [0.1, 0.15) is 0 Å². The monoisotopic (exact) mass is 456 g/mol. The lowest BCUT2D eigenvalue weighted by Crippen LogP contribution is -2.22. The molecule has 2 aromatic carbocycles. The quantitative estimate of drug-likeness (QED) is 0.429. The number of carbonyl (C=O) groups is 2. The minimum Gasteiger partial charge on any atom is -0.348 e. The number of rotatable bonds is 6. The summed E-state index contributed by atoms with van der Waals surface area (Å²) >= 11 is 6.35. The van der Waals surface area contributed by atoms with Gasteiger partial charge in [-0.2, -0.15) is 0 Å². The lowest BCUT2D eigenvalue weighted by molar-refractivity contribution is -0.117. The highest BCUT2D eigenvalue weighted by molar-refractivity contribution is 6.34. The smallest absolute Gasteiger partial charge is 0.251 e. The number of benzene rings is 2. The molecule has 6 nitrogen and oxygen atoms in total. The van der Waals surface area contributed by atoms with E-state index in [0.717, 1.165) is 28.3 Å². The maximum absolute atomic E-state index is 12.8. The van der Waals surface area contributed by atoms with Crippen molar-refractivity contribution in [2.75, 3.05) is 5.32 Å². The minimum absolute atomic E-state index is 0.0476. The molecular formula is C26H21ClN4O2. The summed E-state index contributed by atoms with van der Waals surface area (Å²) < 4.78 is 0. The van der Waals surface area contributed by atoms with E-state index in [1.165, 1.54) is 0 Å². The number of nitrogens with zero attached hydrogens (tertiary/aromatic N) is 2. The molecule has 2 aromatic heterocycles. The number of fused-ring (bicyclic) bond motifs is 1. The maximum atomic E-state index is 12.8. The lowest BCUT2D eigenvalue weighted by atomic mass is 10.1. The van der Waals surface area contributed by atoms with Gasteiger partial charge in [-0.15, -0.1) is 0 Å². The number of nitrogens with one attached hydrogen (secondary N) is 2. The molecule has 4 aromatic rings. The van der Waals surface area contributed by atoms with E-state index in [1.807, 2.05) is 42.5 Å². The summed E-state index contributed by atoms with van der Waals surface area (Å²) in [6.07, 6.45) is 7.65. The fraction of sp³-hybridized carbons (Fsp3) is 0.154. The Labute approximate surface area is 196 Å². The summed E-state index contributed by atoms with van der Waals surface area (Å²) in [6, 6.07) is 16.8. The van der Waals surface area contributed by atoms with Crippen molar-refractivity contribution in [3.63, 3.8) is 0 Å². The Morgan fingerprint density at radius 1 is 0.970 bits per heavy atom. The zero-order chi connectivity index (χ0) is 22.8. The molecule has 0 bridgehead atoms. The van der Waals surface area contributed by atoms with E-state index in [4.69, 9.17) is 11.6 Å². The average molecular weight is 457 g/mol. The zero-order valence-electron chi connectivity index (χ0n) is 17.7. The molecule has 2 N–H and O–H groups in total. The van der Waals surface area contributed by atoms with Gasteiger partial charge in [0.25, 0.3) is 5.91 Å². The van der Waals surface area contributed by atoms with Crippen LogP contribution in [0.15, 0.2) is 79.4 Å². The first-order valence-corrected chi connectivity index (χ1v) is 11.1. The topological polar surface area (TPSA) is 84.0 Å². The van der Waals surface area contributed by atoms with Gasteiger partial charge in [0.05, 0.1) is 10.7 Å². The largest absolute Gasteiger partial charge is 0.348 e. The summed E-state index contributed by atoms with van der Waals surface area (Å²) in [4.78, 5) is 33.3. The summed E-state index contributed by atoms with van der Waals surface area (Å²) in [5.41, 5.74) is 3.18. The Bertz CT molecular complexity index is 1330. The molecule has 33 heavy (non-hydrogen) atoms. The fourth-order valence-corrected chi connectivity index (χ4v) is 4.17. The first-order chi connectivity index (χ1) is 16.1. The predicted molar refractivity (Wildman–Crippen MR) is 128 cm³/mol. The highest BCUT2D eigenvalue weighted by atomic mass is 35.5. The van der Waals surface area contributed by atoms with Crippen molar-refractivity contribution in [1.82, 2.24) is 15.3 Å². The number of anilines is 1. The number of amides is 2. The molecule has 1 fully saturated rings. The molecule has 0 spiro atoms. The van der Waals surface area contributed by atoms with Crippen LogP contribution in [-0.2, 0) is 11.3 Å². The van der Waals surface area contributed by atoms with Crippen LogP contribution in [-0.4, -0.2) is 21.8 Å². The van der Waals surface area contributed by atoms with E-state index in [0.29, 0.717) is 22.8 Å². The molecule has 0 radical (unpaired) electrons. The summed E-state index contributed by atoms with van der Waals surface area (Å²) in [7, 11) is 0. The molecule has 2 atom stereocenters. The van der Waals surface area contributed by atoms with Crippen LogP contribution in [0.5, 0.6) is 0 Å². The number of hydrogen-bond acceptors (Lipinski definition) is 4. The third-order valence-corrected chi connectivity index (χ3v) is 6.20. The zero-order valence-corrected chi connectivity index (χ0v) is 18.4. The van der Waals surface area contributed by atoms with E-state index in [2.05, 4.69) is 20.6 Å². The van der Waals surface area contributed by atoms with Crippen LogP contribution in [0.4, 0.5) is 5.69 Å². The standard InChI is InChI=1S/C26H21ClN4O2/c27-23-10-20-15-29-9-7-19(20)11-24(23)31-26(33)22-12-21(22)17-3-5-18(6-4-17)25(32)30-14-16-2-1-8-28-13-16/h1-11,13,15,21-22H,12,14H2,(H,30,32)(H,31,33)/t21-,22+/m0/s1. The molecule has 2 heterocycles. The molecule has 0 unspecified atom stereocenters. The number of aromatic nitrogens is 2. The highest BCUT2D eigenvalue weighted by Crippen LogP contribution is 2.48. The van der Waals surface area contributed by atoms with Gasteiger partial charge in [0.2, 0.25) is 5.91 Å². The molecule has 164 valence electrons. The molecule has 0 saturated heterocycles. The van der Waals surface area contributed by atoms with Crippen molar-refractivity contribution < 1.29 is 9.59 Å². The first kappa shape index (κ1) is 21.1. The molecule has 1 aliphatic carbocycles. The van der Waals surface area contributed by atoms with E-state index in [1.54, 1.807) is 36.9 Å². The normalized spacial score (nSPS) is 16.9. The molecule has 0 aliphatic heterocycles. The Morgan fingerprint density at radius 3 is 2.58 bits per heavy atom. The minimum atomic E-state index is -0.142. The van der Waals surface area contributed by atoms with Crippen LogP contribution in [0.3, 0.4) is 0 Å². The van der Waals surface area contributed by atoms with Crippen molar-refractivity contribution >= 4 is 39.9 Å². The average Bonchev–Trinajstić information content (AvgIpc) is 3.65. The maximum Gasteiger partial charge on any atom is 0.251 e. The van der Waals surface area contributed by atoms with Gasteiger partial charge in [0.15, 0.2) is 0 Å². The second-order valence-electron chi connectivity index (χ2n) is 8.16. The van der Waals surface area contributed by atoms with Crippen molar-refractivity contribution in [1.29, 1.82) is 0 Å². The summed E-state index contributed by atoms with van der Waals surface area (Å²) in [5, 5.41) is 8.24. The van der Waals surface area contributed by atoms with Gasteiger partial charge >= 0.3 is 0 Å². The lowest BCUT2D eigenvalue weighted by Gasteiger charge is -2.09. The number of pyridine rings is 2. The van der Waals surface area contributed by atoms with E-state index in [-0.39, 0.29) is 23.7 Å². The Balaban J connectivity index is 1.19. The SMILES string of the molecule is O=C(NCc1cccnc1)c1ccc([C@@H]2C[C@H]2C(=O)Nc2cc3ccncc3cc2Cl)cc1. The van der Waals surface area contributed by atoms with E-state index < -0.39 is 0 Å². The van der Waals surface area contributed by atoms with Crippen LogP contribution >= 0.6 is 11.6 Å². The van der Waals surface area contributed by atoms with Crippen LogP contribution in [0.2, 0.25) is 5.02 Å². The van der Waals surface area contributed by atoms with Gasteiger partial charge in [-0.05, 0) is 65.3 Å². The van der Waals surface area contributed by atoms with E-state index >= 15 is 0 Å². The number of hydrogen-bond donors (Lipinski definition) is 2. The van der Waals surface area contributed by atoms with Crippen LogP contribution < -0.4 is 10.6 Å². The van der Waals surface area contributed by atoms with Gasteiger partial charge in [0, 0.05) is 48.2 Å². The van der Waals surface area contributed by atoms with Crippen LogP contribution in [0.1, 0.15) is 33.8 Å². The van der Waals surface area contributed by atoms with Gasteiger partial charge in [-0.3, -0.25) is 19.6 Å². The predicted octanol–water partition coefficient (Wildman–Crippen LogP) is 4.96.